The highest BCUT2D eigenvalue weighted by molar-refractivity contribution is 5.33. The van der Waals surface area contributed by atoms with E-state index in [9.17, 15) is 0 Å². The number of nitriles is 1. The lowest BCUT2D eigenvalue weighted by atomic mass is 9.68. The third kappa shape index (κ3) is 3.83. The lowest BCUT2D eigenvalue weighted by Crippen LogP contribution is -2.25. The molecule has 3 fully saturated rings. The minimum absolute atomic E-state index is 0.620. The third-order valence-corrected chi connectivity index (χ3v) is 6.84. The van der Waals surface area contributed by atoms with Crippen LogP contribution in [0.25, 0.3) is 0 Å². The zero-order valence-electron chi connectivity index (χ0n) is 14.6. The number of benzene rings is 1. The zero-order valence-corrected chi connectivity index (χ0v) is 14.6. The van der Waals surface area contributed by atoms with Crippen LogP contribution in [0, 0.1) is 29.1 Å². The van der Waals surface area contributed by atoms with Crippen molar-refractivity contribution in [2.45, 2.75) is 69.8 Å². The molecule has 3 aliphatic rings. The van der Waals surface area contributed by atoms with Crippen LogP contribution in [0.5, 0.6) is 0 Å². The summed E-state index contributed by atoms with van der Waals surface area (Å²) in [5.41, 5.74) is 2.22. The van der Waals surface area contributed by atoms with E-state index in [2.05, 4.69) is 18.2 Å². The van der Waals surface area contributed by atoms with E-state index in [0.29, 0.717) is 6.10 Å². The van der Waals surface area contributed by atoms with Gasteiger partial charge in [-0.3, -0.25) is 0 Å². The molecule has 1 atom stereocenters. The van der Waals surface area contributed by atoms with Gasteiger partial charge in [0.05, 0.1) is 24.3 Å². The van der Waals surface area contributed by atoms with E-state index in [1.54, 1.807) is 0 Å². The van der Waals surface area contributed by atoms with Crippen molar-refractivity contribution in [3.05, 3.63) is 35.4 Å². The molecule has 1 heterocycles. The molecule has 0 amide bonds. The highest BCUT2D eigenvalue weighted by atomic mass is 16.6. The van der Waals surface area contributed by atoms with Gasteiger partial charge in [0.1, 0.15) is 0 Å². The monoisotopic (exact) mass is 323 g/mol. The summed E-state index contributed by atoms with van der Waals surface area (Å²) in [6, 6.07) is 10.5. The summed E-state index contributed by atoms with van der Waals surface area (Å²) in [7, 11) is 0. The van der Waals surface area contributed by atoms with Crippen LogP contribution in [-0.2, 0) is 4.74 Å². The quantitative estimate of drug-likeness (QED) is 0.693. The maximum atomic E-state index is 8.93. The topological polar surface area (TPSA) is 36.3 Å². The zero-order chi connectivity index (χ0) is 16.4. The predicted molar refractivity (Wildman–Crippen MR) is 95.7 cm³/mol. The van der Waals surface area contributed by atoms with Crippen LogP contribution >= 0.6 is 0 Å². The first-order chi connectivity index (χ1) is 11.8. The molecule has 1 aromatic carbocycles. The molecule has 1 aromatic rings. The van der Waals surface area contributed by atoms with Gasteiger partial charge in [0.25, 0.3) is 0 Å². The lowest BCUT2D eigenvalue weighted by molar-refractivity contribution is 0.152. The summed E-state index contributed by atoms with van der Waals surface area (Å²) < 4.78 is 5.40. The van der Waals surface area contributed by atoms with Crippen molar-refractivity contribution < 1.29 is 4.74 Å². The number of epoxide rings is 1. The fourth-order valence-electron chi connectivity index (χ4n) is 5.23. The van der Waals surface area contributed by atoms with E-state index in [1.165, 1.54) is 63.4 Å². The lowest BCUT2D eigenvalue weighted by Gasteiger charge is -2.38. The number of nitrogens with zero attached hydrogens (tertiary/aromatic N) is 1. The standard InChI is InChI=1S/C22H29NO/c23-14-17-3-7-19(8-4-17)21-11-9-20(10-12-21)18-5-1-16(2-6-18)13-22-15-24-22/h3-4,7-8,16,18,20-22H,1-2,5-6,9-13,15H2. The Labute approximate surface area is 146 Å². The smallest absolute Gasteiger partial charge is 0.0991 e. The molecule has 2 aliphatic carbocycles. The molecule has 1 unspecified atom stereocenters. The fourth-order valence-corrected chi connectivity index (χ4v) is 5.23. The van der Waals surface area contributed by atoms with Crippen LogP contribution in [0.2, 0.25) is 0 Å². The van der Waals surface area contributed by atoms with Crippen molar-refractivity contribution in [2.75, 3.05) is 6.61 Å². The Morgan fingerprint density at radius 1 is 0.875 bits per heavy atom. The Morgan fingerprint density at radius 2 is 1.46 bits per heavy atom. The Hall–Kier alpha value is -1.33. The average molecular weight is 323 g/mol. The van der Waals surface area contributed by atoms with Gasteiger partial charge in [-0.25, -0.2) is 0 Å². The van der Waals surface area contributed by atoms with Crippen molar-refractivity contribution >= 4 is 0 Å². The maximum absolute atomic E-state index is 8.93. The van der Waals surface area contributed by atoms with Gasteiger partial charge in [-0.1, -0.05) is 25.0 Å². The van der Waals surface area contributed by atoms with Crippen LogP contribution in [0.15, 0.2) is 24.3 Å². The Kier molecular flexibility index (Phi) is 4.90. The van der Waals surface area contributed by atoms with E-state index in [1.807, 2.05) is 12.1 Å². The molecule has 1 aliphatic heterocycles. The van der Waals surface area contributed by atoms with Gasteiger partial charge < -0.3 is 4.74 Å². The Bertz CT molecular complexity index is 567. The first-order valence-corrected chi connectivity index (χ1v) is 9.93. The Balaban J connectivity index is 1.24. The molecule has 2 saturated carbocycles. The van der Waals surface area contributed by atoms with Gasteiger partial charge in [-0.15, -0.1) is 0 Å². The highest BCUT2D eigenvalue weighted by Crippen LogP contribution is 2.44. The van der Waals surface area contributed by atoms with Crippen molar-refractivity contribution in [1.82, 2.24) is 0 Å². The van der Waals surface area contributed by atoms with Gasteiger partial charge in [0.15, 0.2) is 0 Å². The molecule has 2 nitrogen and oxygen atoms in total. The minimum atomic E-state index is 0.620. The highest BCUT2D eigenvalue weighted by Gasteiger charge is 2.33. The van der Waals surface area contributed by atoms with E-state index >= 15 is 0 Å². The summed E-state index contributed by atoms with van der Waals surface area (Å²) in [6.07, 6.45) is 13.3. The molecule has 0 N–H and O–H groups in total. The van der Waals surface area contributed by atoms with Crippen molar-refractivity contribution in [1.29, 1.82) is 5.26 Å². The fraction of sp³-hybridized carbons (Fsp3) is 0.682. The van der Waals surface area contributed by atoms with E-state index < -0.39 is 0 Å². The molecule has 0 aromatic heterocycles. The van der Waals surface area contributed by atoms with Crippen molar-refractivity contribution in [3.8, 4) is 6.07 Å². The van der Waals surface area contributed by atoms with Crippen LogP contribution in [0.3, 0.4) is 0 Å². The molecule has 128 valence electrons. The summed E-state index contributed by atoms with van der Waals surface area (Å²) in [5.74, 6) is 3.63. The normalized spacial score (nSPS) is 36.0. The Morgan fingerprint density at radius 3 is 2.00 bits per heavy atom. The molecule has 2 heteroatoms. The van der Waals surface area contributed by atoms with Gasteiger partial charge in [-0.2, -0.15) is 5.26 Å². The van der Waals surface area contributed by atoms with Crippen molar-refractivity contribution in [2.24, 2.45) is 17.8 Å². The average Bonchev–Trinajstić information content (AvgIpc) is 3.47. The summed E-state index contributed by atoms with van der Waals surface area (Å²) in [6.45, 7) is 1.03. The number of hydrogen-bond donors (Lipinski definition) is 0. The second kappa shape index (κ2) is 7.28. The second-order valence-corrected chi connectivity index (χ2v) is 8.32. The maximum Gasteiger partial charge on any atom is 0.0991 e. The van der Waals surface area contributed by atoms with Crippen molar-refractivity contribution in [3.63, 3.8) is 0 Å². The molecular weight excluding hydrogens is 294 g/mol. The molecule has 1 saturated heterocycles. The summed E-state index contributed by atoms with van der Waals surface area (Å²) >= 11 is 0. The SMILES string of the molecule is N#Cc1ccc(C2CCC(C3CCC(CC4CO4)CC3)CC2)cc1. The molecular formula is C22H29NO. The third-order valence-electron chi connectivity index (χ3n) is 6.84. The van der Waals surface area contributed by atoms with E-state index in [4.69, 9.17) is 10.00 Å². The molecule has 0 radical (unpaired) electrons. The minimum Gasteiger partial charge on any atom is -0.373 e. The predicted octanol–water partition coefficient (Wildman–Crippen LogP) is 5.43. The summed E-state index contributed by atoms with van der Waals surface area (Å²) in [4.78, 5) is 0. The first kappa shape index (κ1) is 16.2. The van der Waals surface area contributed by atoms with E-state index in [-0.39, 0.29) is 0 Å². The number of rotatable bonds is 4. The van der Waals surface area contributed by atoms with Crippen LogP contribution in [0.1, 0.15) is 74.8 Å². The van der Waals surface area contributed by atoms with Gasteiger partial charge in [0, 0.05) is 0 Å². The first-order valence-electron chi connectivity index (χ1n) is 9.93. The van der Waals surface area contributed by atoms with Crippen LogP contribution < -0.4 is 0 Å². The second-order valence-electron chi connectivity index (χ2n) is 8.32. The molecule has 24 heavy (non-hydrogen) atoms. The van der Waals surface area contributed by atoms with Crippen LogP contribution in [0.4, 0.5) is 0 Å². The molecule has 0 bridgehead atoms. The summed E-state index contributed by atoms with van der Waals surface area (Å²) in [5, 5.41) is 8.93. The number of ether oxygens (including phenoxy) is 1. The van der Waals surface area contributed by atoms with Gasteiger partial charge in [-0.05, 0) is 86.3 Å². The largest absolute Gasteiger partial charge is 0.373 e. The van der Waals surface area contributed by atoms with Gasteiger partial charge in [0.2, 0.25) is 0 Å². The van der Waals surface area contributed by atoms with E-state index in [0.717, 1.165) is 35.8 Å². The number of hydrogen-bond acceptors (Lipinski definition) is 2. The molecule has 0 spiro atoms. The molecule has 4 rings (SSSR count). The van der Waals surface area contributed by atoms with Gasteiger partial charge >= 0.3 is 0 Å². The van der Waals surface area contributed by atoms with Crippen LogP contribution in [-0.4, -0.2) is 12.7 Å².